The molecule has 0 bridgehead atoms. The van der Waals surface area contributed by atoms with Crippen molar-refractivity contribution in [1.82, 2.24) is 5.32 Å². The number of fused-ring (bicyclic) bond motifs is 3. The maximum absolute atomic E-state index is 12.0. The number of nitrogens with one attached hydrogen (secondary N) is 1. The van der Waals surface area contributed by atoms with Crippen LogP contribution in [-0.4, -0.2) is 25.8 Å². The van der Waals surface area contributed by atoms with Crippen LogP contribution in [0.2, 0.25) is 0 Å². The van der Waals surface area contributed by atoms with Crippen molar-refractivity contribution in [1.29, 1.82) is 0 Å². The van der Waals surface area contributed by atoms with Gasteiger partial charge < -0.3 is 15.8 Å². The highest BCUT2D eigenvalue weighted by molar-refractivity contribution is 5.85. The molecule has 0 aliphatic heterocycles. The number of hydrogen-bond acceptors (Lipinski definition) is 3. The Morgan fingerprint density at radius 3 is 2.12 bits per heavy atom. The molecule has 3 N–H and O–H groups in total. The van der Waals surface area contributed by atoms with E-state index in [0.717, 1.165) is 32.2 Å². The van der Waals surface area contributed by atoms with Gasteiger partial charge in [-0.1, -0.05) is 61.4 Å². The lowest BCUT2D eigenvalue weighted by molar-refractivity contribution is 0.143. The molecular weight excluding hydrogens is 348 g/mol. The van der Waals surface area contributed by atoms with Gasteiger partial charge in [0.1, 0.15) is 6.61 Å². The molecule has 1 amide bonds. The number of unbranched alkanes of at least 4 members (excludes halogenated alkanes) is 3. The van der Waals surface area contributed by atoms with Crippen LogP contribution in [0.4, 0.5) is 4.79 Å². The van der Waals surface area contributed by atoms with E-state index < -0.39 is 0 Å². The molecule has 0 radical (unpaired) electrons. The molecule has 1 aliphatic rings. The zero-order valence-electron chi connectivity index (χ0n) is 14.9. The van der Waals surface area contributed by atoms with Gasteiger partial charge in [0.25, 0.3) is 0 Å². The van der Waals surface area contributed by atoms with Gasteiger partial charge >= 0.3 is 6.09 Å². The number of alkyl carbamates (subject to hydrolysis) is 1. The molecule has 0 saturated heterocycles. The van der Waals surface area contributed by atoms with Gasteiger partial charge in [-0.3, -0.25) is 0 Å². The minimum Gasteiger partial charge on any atom is -0.449 e. The van der Waals surface area contributed by atoms with Crippen molar-refractivity contribution in [2.24, 2.45) is 5.73 Å². The number of nitrogens with two attached hydrogens (primary N) is 1. The first-order valence-corrected chi connectivity index (χ1v) is 9.10. The van der Waals surface area contributed by atoms with Crippen LogP contribution < -0.4 is 11.1 Å². The lowest BCUT2D eigenvalue weighted by Crippen LogP contribution is -2.27. The van der Waals surface area contributed by atoms with Crippen LogP contribution in [0.5, 0.6) is 0 Å². The maximum Gasteiger partial charge on any atom is 0.407 e. The Hall–Kier alpha value is -2.04. The lowest BCUT2D eigenvalue weighted by Gasteiger charge is -2.14. The number of carbonyl (C=O) groups is 1. The summed E-state index contributed by atoms with van der Waals surface area (Å²) in [6.45, 7) is 1.76. The average Bonchev–Trinajstić information content (AvgIpc) is 2.97. The van der Waals surface area contributed by atoms with E-state index in [1.165, 1.54) is 22.3 Å². The molecule has 0 heterocycles. The third kappa shape index (κ3) is 4.77. The van der Waals surface area contributed by atoms with E-state index in [1.54, 1.807) is 0 Å². The SMILES string of the molecule is Cl.NCCCCCCNC(=O)OCC1c2ccccc2-c2ccccc21. The second-order valence-corrected chi connectivity index (χ2v) is 6.46. The van der Waals surface area contributed by atoms with Gasteiger partial charge in [0, 0.05) is 12.5 Å². The normalized spacial score (nSPS) is 12.0. The Labute approximate surface area is 161 Å². The molecule has 2 aromatic carbocycles. The molecule has 0 fully saturated rings. The van der Waals surface area contributed by atoms with E-state index in [4.69, 9.17) is 10.5 Å². The second-order valence-electron chi connectivity index (χ2n) is 6.46. The van der Waals surface area contributed by atoms with Crippen molar-refractivity contribution >= 4 is 18.5 Å². The van der Waals surface area contributed by atoms with E-state index in [1.807, 2.05) is 12.1 Å². The number of hydrogen-bond donors (Lipinski definition) is 2. The number of rotatable bonds is 8. The third-order valence-corrected chi connectivity index (χ3v) is 4.74. The summed E-state index contributed by atoms with van der Waals surface area (Å²) in [6.07, 6.45) is 3.87. The summed E-state index contributed by atoms with van der Waals surface area (Å²) in [6, 6.07) is 16.7. The van der Waals surface area contributed by atoms with Crippen LogP contribution in [0.25, 0.3) is 11.1 Å². The molecule has 26 heavy (non-hydrogen) atoms. The molecule has 5 heteroatoms. The van der Waals surface area contributed by atoms with Crippen LogP contribution in [0.1, 0.15) is 42.7 Å². The zero-order valence-corrected chi connectivity index (χ0v) is 15.8. The highest BCUT2D eigenvalue weighted by Gasteiger charge is 2.28. The molecule has 0 atom stereocenters. The summed E-state index contributed by atoms with van der Waals surface area (Å²) in [5.41, 5.74) is 10.4. The Kier molecular flexibility index (Phi) is 7.95. The minimum absolute atomic E-state index is 0. The minimum atomic E-state index is -0.333. The van der Waals surface area contributed by atoms with Crippen molar-refractivity contribution in [2.45, 2.75) is 31.6 Å². The average molecular weight is 375 g/mol. The Morgan fingerprint density at radius 2 is 1.50 bits per heavy atom. The lowest BCUT2D eigenvalue weighted by atomic mass is 9.98. The summed E-state index contributed by atoms with van der Waals surface area (Å²) < 4.78 is 5.50. The van der Waals surface area contributed by atoms with Crippen LogP contribution >= 0.6 is 12.4 Å². The van der Waals surface area contributed by atoms with Gasteiger partial charge in [-0.15, -0.1) is 12.4 Å². The maximum atomic E-state index is 12.0. The molecule has 0 saturated carbocycles. The number of ether oxygens (including phenoxy) is 1. The number of carbonyl (C=O) groups excluding carboxylic acids is 1. The summed E-state index contributed by atoms with van der Waals surface area (Å²) in [5, 5.41) is 2.84. The fourth-order valence-corrected chi connectivity index (χ4v) is 3.46. The first-order valence-electron chi connectivity index (χ1n) is 9.10. The zero-order chi connectivity index (χ0) is 17.5. The van der Waals surface area contributed by atoms with Gasteiger partial charge in [-0.2, -0.15) is 0 Å². The molecule has 1 aliphatic carbocycles. The monoisotopic (exact) mass is 374 g/mol. The van der Waals surface area contributed by atoms with Crippen LogP contribution in [0, 0.1) is 0 Å². The standard InChI is InChI=1S/C21H26N2O2.ClH/c22-13-7-1-2-8-14-23-21(24)25-15-20-18-11-5-3-9-16(18)17-10-4-6-12-19(17)20;/h3-6,9-12,20H,1-2,7-8,13-15,22H2,(H,23,24);1H. The molecular formula is C21H27ClN2O2. The Morgan fingerprint density at radius 1 is 0.923 bits per heavy atom. The van der Waals surface area contributed by atoms with E-state index in [9.17, 15) is 4.79 Å². The van der Waals surface area contributed by atoms with E-state index in [-0.39, 0.29) is 24.4 Å². The fourth-order valence-electron chi connectivity index (χ4n) is 3.46. The summed E-state index contributed by atoms with van der Waals surface area (Å²) in [5.74, 6) is 0.114. The predicted molar refractivity (Wildman–Crippen MR) is 108 cm³/mol. The van der Waals surface area contributed by atoms with Crippen molar-refractivity contribution in [3.63, 3.8) is 0 Å². The number of halogens is 1. The summed E-state index contributed by atoms with van der Waals surface area (Å²) in [4.78, 5) is 12.0. The Balaban J connectivity index is 0.00000243. The van der Waals surface area contributed by atoms with Crippen LogP contribution in [0.15, 0.2) is 48.5 Å². The Bertz CT molecular complexity index is 675. The van der Waals surface area contributed by atoms with Gasteiger partial charge in [-0.05, 0) is 41.6 Å². The molecule has 4 nitrogen and oxygen atoms in total. The molecule has 0 aromatic heterocycles. The smallest absolute Gasteiger partial charge is 0.407 e. The van der Waals surface area contributed by atoms with Crippen molar-refractivity contribution in [2.75, 3.05) is 19.7 Å². The number of benzene rings is 2. The largest absolute Gasteiger partial charge is 0.449 e. The first kappa shape index (κ1) is 20.3. The number of amides is 1. The highest BCUT2D eigenvalue weighted by Crippen LogP contribution is 2.44. The van der Waals surface area contributed by atoms with E-state index in [0.29, 0.717) is 13.2 Å². The van der Waals surface area contributed by atoms with E-state index in [2.05, 4.69) is 41.7 Å². The van der Waals surface area contributed by atoms with Crippen LogP contribution in [0.3, 0.4) is 0 Å². The van der Waals surface area contributed by atoms with Crippen molar-refractivity contribution in [3.05, 3.63) is 59.7 Å². The van der Waals surface area contributed by atoms with Gasteiger partial charge in [0.05, 0.1) is 0 Å². The predicted octanol–water partition coefficient (Wildman–Crippen LogP) is 4.47. The van der Waals surface area contributed by atoms with Gasteiger partial charge in [0.2, 0.25) is 0 Å². The highest BCUT2D eigenvalue weighted by atomic mass is 35.5. The topological polar surface area (TPSA) is 64.3 Å². The summed E-state index contributed by atoms with van der Waals surface area (Å²) in [7, 11) is 0. The molecule has 2 aromatic rings. The van der Waals surface area contributed by atoms with Crippen molar-refractivity contribution < 1.29 is 9.53 Å². The van der Waals surface area contributed by atoms with Crippen molar-refractivity contribution in [3.8, 4) is 11.1 Å². The fraction of sp³-hybridized carbons (Fsp3) is 0.381. The van der Waals surface area contributed by atoms with Gasteiger partial charge in [0.15, 0.2) is 0 Å². The molecule has 3 rings (SSSR count). The summed E-state index contributed by atoms with van der Waals surface area (Å²) >= 11 is 0. The quantitative estimate of drug-likeness (QED) is 0.670. The van der Waals surface area contributed by atoms with Crippen LogP contribution in [-0.2, 0) is 4.74 Å². The molecule has 0 unspecified atom stereocenters. The van der Waals surface area contributed by atoms with Gasteiger partial charge in [-0.25, -0.2) is 4.79 Å². The molecule has 0 spiro atoms. The van der Waals surface area contributed by atoms with E-state index >= 15 is 0 Å². The second kappa shape index (κ2) is 10.2. The third-order valence-electron chi connectivity index (χ3n) is 4.74. The molecule has 140 valence electrons. The first-order chi connectivity index (χ1) is 12.3.